The van der Waals surface area contributed by atoms with Crippen LogP contribution >= 0.6 is 0 Å². The molecule has 2 aromatic rings. The van der Waals surface area contributed by atoms with E-state index in [9.17, 15) is 0 Å². The van der Waals surface area contributed by atoms with Crippen molar-refractivity contribution < 1.29 is 0 Å². The predicted octanol–water partition coefficient (Wildman–Crippen LogP) is 3.06. The van der Waals surface area contributed by atoms with Crippen LogP contribution in [0.3, 0.4) is 0 Å². The molecule has 1 aromatic heterocycles. The molecule has 1 aromatic carbocycles. The fraction of sp³-hybridized carbons (Fsp3) is 0.333. The number of aromatic nitrogens is 2. The maximum Gasteiger partial charge on any atom is 0.221 e. The van der Waals surface area contributed by atoms with Crippen LogP contribution in [-0.4, -0.2) is 9.97 Å². The van der Waals surface area contributed by atoms with E-state index in [-0.39, 0.29) is 5.95 Å². The second-order valence-corrected chi connectivity index (χ2v) is 4.25. The van der Waals surface area contributed by atoms with Crippen molar-refractivity contribution in [2.24, 2.45) is 0 Å². The number of nitrogen functional groups attached to an aromatic ring is 2. The van der Waals surface area contributed by atoms with Crippen LogP contribution in [0.1, 0.15) is 31.7 Å². The molecule has 19 heavy (non-hydrogen) atoms. The maximum atomic E-state index is 5.67. The van der Waals surface area contributed by atoms with Crippen molar-refractivity contribution in [2.45, 2.75) is 32.6 Å². The van der Waals surface area contributed by atoms with Crippen molar-refractivity contribution >= 4 is 11.8 Å². The Labute approximate surface area is 114 Å². The fourth-order valence-corrected chi connectivity index (χ4v) is 1.58. The highest BCUT2D eigenvalue weighted by Crippen LogP contribution is 2.12. The SMILES string of the molecule is CCCCCc1cnc(N)nc1N.c1ccccc1. The zero-order chi connectivity index (χ0) is 13.9. The summed E-state index contributed by atoms with van der Waals surface area (Å²) in [5, 5.41) is 0. The van der Waals surface area contributed by atoms with Gasteiger partial charge in [-0.25, -0.2) is 4.98 Å². The van der Waals surface area contributed by atoms with Gasteiger partial charge in [0.1, 0.15) is 5.82 Å². The Bertz CT molecular complexity index is 430. The van der Waals surface area contributed by atoms with Gasteiger partial charge in [-0.3, -0.25) is 0 Å². The highest BCUT2D eigenvalue weighted by Gasteiger charge is 2.01. The zero-order valence-electron chi connectivity index (χ0n) is 11.4. The summed E-state index contributed by atoms with van der Waals surface area (Å²) in [7, 11) is 0. The molecule has 0 aliphatic heterocycles. The van der Waals surface area contributed by atoms with Crippen LogP contribution in [0.4, 0.5) is 11.8 Å². The third kappa shape index (κ3) is 6.41. The second-order valence-electron chi connectivity index (χ2n) is 4.25. The third-order valence-electron chi connectivity index (χ3n) is 2.63. The molecule has 0 amide bonds. The van der Waals surface area contributed by atoms with E-state index in [2.05, 4.69) is 16.9 Å². The summed E-state index contributed by atoms with van der Waals surface area (Å²) in [6.07, 6.45) is 6.21. The Kier molecular flexibility index (Phi) is 7.02. The van der Waals surface area contributed by atoms with Crippen LogP contribution in [-0.2, 0) is 6.42 Å². The van der Waals surface area contributed by atoms with Crippen molar-refractivity contribution in [1.82, 2.24) is 9.97 Å². The van der Waals surface area contributed by atoms with E-state index < -0.39 is 0 Å². The molecule has 1 heterocycles. The molecule has 4 nitrogen and oxygen atoms in total. The first-order valence-electron chi connectivity index (χ1n) is 6.61. The van der Waals surface area contributed by atoms with Crippen molar-refractivity contribution in [3.63, 3.8) is 0 Å². The predicted molar refractivity (Wildman–Crippen MR) is 80.5 cm³/mol. The summed E-state index contributed by atoms with van der Waals surface area (Å²) < 4.78 is 0. The summed E-state index contributed by atoms with van der Waals surface area (Å²) >= 11 is 0. The van der Waals surface area contributed by atoms with E-state index in [1.807, 2.05) is 36.4 Å². The number of unbranched alkanes of at least 4 members (excludes halogenated alkanes) is 2. The van der Waals surface area contributed by atoms with Gasteiger partial charge in [0.15, 0.2) is 0 Å². The molecule has 0 saturated heterocycles. The highest BCUT2D eigenvalue weighted by atomic mass is 15.0. The Morgan fingerprint density at radius 3 is 2.00 bits per heavy atom. The molecule has 2 rings (SSSR count). The van der Waals surface area contributed by atoms with Crippen molar-refractivity contribution in [3.8, 4) is 0 Å². The number of nitrogens with zero attached hydrogens (tertiary/aromatic N) is 2. The lowest BCUT2D eigenvalue weighted by molar-refractivity contribution is 0.715. The van der Waals surface area contributed by atoms with Gasteiger partial charge in [-0.2, -0.15) is 4.98 Å². The van der Waals surface area contributed by atoms with Gasteiger partial charge in [0, 0.05) is 11.8 Å². The van der Waals surface area contributed by atoms with Crippen molar-refractivity contribution in [1.29, 1.82) is 0 Å². The van der Waals surface area contributed by atoms with Crippen molar-refractivity contribution in [2.75, 3.05) is 11.5 Å². The standard InChI is InChI=1S/C9H16N4.C6H6/c1-2-3-4-5-7-6-12-9(11)13-8(7)10;1-2-4-6-5-3-1/h6H,2-5H2,1H3,(H4,10,11,12,13);1-6H. The van der Waals surface area contributed by atoms with Crippen molar-refractivity contribution in [3.05, 3.63) is 48.2 Å². The van der Waals surface area contributed by atoms with Gasteiger partial charge in [0.25, 0.3) is 0 Å². The van der Waals surface area contributed by atoms with Gasteiger partial charge in [0.2, 0.25) is 5.95 Å². The number of hydrogen-bond acceptors (Lipinski definition) is 4. The molecule has 0 fully saturated rings. The van der Waals surface area contributed by atoms with E-state index in [0.29, 0.717) is 5.82 Å². The number of hydrogen-bond donors (Lipinski definition) is 2. The molecule has 0 aliphatic rings. The van der Waals surface area contributed by atoms with Gasteiger partial charge >= 0.3 is 0 Å². The quantitative estimate of drug-likeness (QED) is 0.826. The molecule has 0 aliphatic carbocycles. The second kappa shape index (κ2) is 8.91. The summed E-state index contributed by atoms with van der Waals surface area (Å²) in [6, 6.07) is 12.0. The molecule has 0 bridgehead atoms. The molecule has 4 heteroatoms. The molecular weight excluding hydrogens is 236 g/mol. The Balaban J connectivity index is 0.000000250. The summed E-state index contributed by atoms with van der Waals surface area (Å²) in [6.45, 7) is 2.17. The first-order chi connectivity index (χ1) is 9.24. The lowest BCUT2D eigenvalue weighted by Crippen LogP contribution is -2.03. The topological polar surface area (TPSA) is 77.8 Å². The van der Waals surface area contributed by atoms with E-state index >= 15 is 0 Å². The van der Waals surface area contributed by atoms with Gasteiger partial charge < -0.3 is 11.5 Å². The Morgan fingerprint density at radius 1 is 0.947 bits per heavy atom. The van der Waals surface area contributed by atoms with Gasteiger partial charge in [-0.15, -0.1) is 0 Å². The smallest absolute Gasteiger partial charge is 0.221 e. The Hall–Kier alpha value is -2.10. The van der Waals surface area contributed by atoms with Crippen LogP contribution in [0.2, 0.25) is 0 Å². The largest absolute Gasteiger partial charge is 0.383 e. The van der Waals surface area contributed by atoms with E-state index in [4.69, 9.17) is 11.5 Å². The average molecular weight is 258 g/mol. The summed E-state index contributed by atoms with van der Waals surface area (Å²) in [4.78, 5) is 7.80. The fourth-order valence-electron chi connectivity index (χ4n) is 1.58. The summed E-state index contributed by atoms with van der Waals surface area (Å²) in [5.41, 5.74) is 12.1. The summed E-state index contributed by atoms with van der Waals surface area (Å²) in [5.74, 6) is 0.764. The van der Waals surface area contributed by atoms with E-state index in [0.717, 1.165) is 18.4 Å². The molecule has 0 unspecified atom stereocenters. The molecule has 0 radical (unpaired) electrons. The lowest BCUT2D eigenvalue weighted by Gasteiger charge is -2.03. The van der Waals surface area contributed by atoms with E-state index in [1.165, 1.54) is 12.8 Å². The molecule has 0 atom stereocenters. The molecule has 102 valence electrons. The van der Waals surface area contributed by atoms with Gasteiger partial charge in [-0.05, 0) is 12.8 Å². The number of benzene rings is 1. The number of rotatable bonds is 4. The monoisotopic (exact) mass is 258 g/mol. The minimum atomic E-state index is 0.247. The normalized spacial score (nSPS) is 9.53. The molecule has 4 N–H and O–H groups in total. The van der Waals surface area contributed by atoms with Crippen LogP contribution in [0.25, 0.3) is 0 Å². The maximum absolute atomic E-state index is 5.67. The first-order valence-corrected chi connectivity index (χ1v) is 6.61. The zero-order valence-corrected chi connectivity index (χ0v) is 11.4. The highest BCUT2D eigenvalue weighted by molar-refractivity contribution is 5.41. The Morgan fingerprint density at radius 2 is 1.53 bits per heavy atom. The number of aryl methyl sites for hydroxylation is 1. The van der Waals surface area contributed by atoms with Crippen LogP contribution < -0.4 is 11.5 Å². The minimum Gasteiger partial charge on any atom is -0.383 e. The lowest BCUT2D eigenvalue weighted by atomic mass is 10.1. The minimum absolute atomic E-state index is 0.247. The number of anilines is 2. The molecule has 0 spiro atoms. The molecule has 0 saturated carbocycles. The van der Waals surface area contributed by atoms with E-state index in [1.54, 1.807) is 6.20 Å². The molecular formula is C15H22N4. The average Bonchev–Trinajstić information content (AvgIpc) is 2.44. The number of nitrogens with two attached hydrogens (primary N) is 2. The van der Waals surface area contributed by atoms with Gasteiger partial charge in [-0.1, -0.05) is 56.2 Å². The van der Waals surface area contributed by atoms with Gasteiger partial charge in [0.05, 0.1) is 0 Å². The first kappa shape index (κ1) is 15.0. The van der Waals surface area contributed by atoms with Crippen LogP contribution in [0.15, 0.2) is 42.6 Å². The third-order valence-corrected chi connectivity index (χ3v) is 2.63. The van der Waals surface area contributed by atoms with Crippen LogP contribution in [0.5, 0.6) is 0 Å². The van der Waals surface area contributed by atoms with Crippen LogP contribution in [0, 0.1) is 0 Å².